The van der Waals surface area contributed by atoms with Crippen molar-refractivity contribution >= 4 is 86.4 Å². The van der Waals surface area contributed by atoms with Gasteiger partial charge in [0.15, 0.2) is 14.3 Å². The van der Waals surface area contributed by atoms with Crippen LogP contribution in [0.2, 0.25) is 0 Å². The second-order valence-electron chi connectivity index (χ2n) is 7.55. The van der Waals surface area contributed by atoms with Crippen molar-refractivity contribution in [2.24, 2.45) is 5.16 Å². The van der Waals surface area contributed by atoms with Gasteiger partial charge in [0, 0.05) is 30.7 Å². The van der Waals surface area contributed by atoms with Gasteiger partial charge in [-0.15, -0.1) is 21.5 Å². The van der Waals surface area contributed by atoms with Crippen LogP contribution < -0.4 is 16.0 Å². The van der Waals surface area contributed by atoms with E-state index in [0.717, 1.165) is 40.7 Å². The minimum Gasteiger partial charge on any atom is -0.477 e. The minimum atomic E-state index is -1.49. The van der Waals surface area contributed by atoms with Crippen molar-refractivity contribution in [2.45, 2.75) is 27.9 Å². The lowest BCUT2D eigenvalue weighted by Gasteiger charge is -2.51. The Bertz CT molecular complexity index is 1330. The van der Waals surface area contributed by atoms with E-state index in [1.165, 1.54) is 35.6 Å². The lowest BCUT2D eigenvalue weighted by molar-refractivity contribution is -0.146. The maximum absolute atomic E-state index is 12.8. The van der Waals surface area contributed by atoms with Gasteiger partial charge in [-0.2, -0.15) is 0 Å². The van der Waals surface area contributed by atoms with Crippen LogP contribution >= 0.6 is 46.2 Å². The molecule has 2 aliphatic heterocycles. The molecule has 2 atom stereocenters. The van der Waals surface area contributed by atoms with E-state index in [4.69, 9.17) is 5.73 Å². The zero-order valence-corrected chi connectivity index (χ0v) is 22.8. The van der Waals surface area contributed by atoms with Gasteiger partial charge in [0.1, 0.15) is 19.0 Å². The molecule has 2 aromatic heterocycles. The maximum atomic E-state index is 12.8. The Morgan fingerprint density at radius 3 is 2.81 bits per heavy atom. The Balaban J connectivity index is 1.81. The number of aromatic nitrogens is 3. The summed E-state index contributed by atoms with van der Waals surface area (Å²) in [5.41, 5.74) is 6.15. The van der Waals surface area contributed by atoms with E-state index in [0.29, 0.717) is 15.2 Å². The van der Waals surface area contributed by atoms with E-state index in [-0.39, 0.29) is 40.4 Å². The van der Waals surface area contributed by atoms with E-state index in [2.05, 4.69) is 30.5 Å². The van der Waals surface area contributed by atoms with Crippen LogP contribution in [0.5, 0.6) is 0 Å². The summed E-state index contributed by atoms with van der Waals surface area (Å²) in [5.74, 6) is -2.60. The van der Waals surface area contributed by atoms with Crippen molar-refractivity contribution in [3.63, 3.8) is 0 Å². The lowest BCUT2D eigenvalue weighted by Crippen LogP contribution is -2.61. The number of fused-ring (bicyclic) bond motifs is 1. The number of nitrogens with two attached hydrogens (primary N) is 1. The zero-order valence-electron chi connectivity index (χ0n) is 19.5. The third-order valence-electron chi connectivity index (χ3n) is 5.33. The topological polar surface area (TPSA) is 193 Å². The van der Waals surface area contributed by atoms with Gasteiger partial charge in [-0.05, 0) is 0 Å². The summed E-state index contributed by atoms with van der Waals surface area (Å²) < 4.78 is 0.446. The van der Waals surface area contributed by atoms with Crippen molar-refractivity contribution in [1.82, 2.24) is 25.4 Å². The first-order valence-electron chi connectivity index (χ1n) is 10.3. The van der Waals surface area contributed by atoms with E-state index in [1.54, 1.807) is 12.4 Å². The molecule has 14 nitrogen and oxygen atoms in total. The summed E-state index contributed by atoms with van der Waals surface area (Å²) in [6.07, 6.45) is 0.999. The smallest absolute Gasteiger partial charge is 0.352 e. The summed E-state index contributed by atoms with van der Waals surface area (Å²) in [7, 11) is 2.84. The monoisotopic (exact) mass is 584 g/mol. The van der Waals surface area contributed by atoms with Crippen LogP contribution in [0.25, 0.3) is 0 Å². The van der Waals surface area contributed by atoms with Crippen molar-refractivity contribution in [3.8, 4) is 0 Å². The van der Waals surface area contributed by atoms with Crippen LogP contribution in [-0.4, -0.2) is 80.4 Å². The average molecular weight is 585 g/mol. The fourth-order valence-corrected chi connectivity index (χ4v) is 7.92. The summed E-state index contributed by atoms with van der Waals surface area (Å²) >= 11 is 4.59. The molecule has 0 spiro atoms. The minimum absolute atomic E-state index is 0.0112. The van der Waals surface area contributed by atoms with Gasteiger partial charge in [0.2, 0.25) is 16.9 Å². The third kappa shape index (κ3) is 5.13. The molecule has 1 unspecified atom stereocenters. The molecule has 4 heterocycles. The predicted molar refractivity (Wildman–Crippen MR) is 139 cm³/mol. The fraction of sp³-hybridized carbons (Fsp3) is 0.368. The number of aliphatic carboxylic acids is 1. The molecule has 196 valence electrons. The van der Waals surface area contributed by atoms with Gasteiger partial charge in [-0.3, -0.25) is 24.2 Å². The Hall–Kier alpha value is -3.22. The molecule has 0 aromatic carbocycles. The van der Waals surface area contributed by atoms with E-state index >= 15 is 0 Å². The first-order chi connectivity index (χ1) is 17.6. The molecule has 2 aliphatic rings. The molecule has 0 radical (unpaired) electrons. The average Bonchev–Trinajstić information content (AvgIpc) is 3.49. The molecule has 18 heteroatoms. The van der Waals surface area contributed by atoms with Gasteiger partial charge >= 0.3 is 5.97 Å². The van der Waals surface area contributed by atoms with Crippen molar-refractivity contribution in [1.29, 1.82) is 0 Å². The molecule has 1 saturated heterocycles. The molecule has 3 amide bonds. The number of amides is 3. The van der Waals surface area contributed by atoms with Gasteiger partial charge < -0.3 is 21.0 Å². The quantitative estimate of drug-likeness (QED) is 0.124. The molecular formula is C19H20N8O6S4. The van der Waals surface area contributed by atoms with Gasteiger partial charge in [0.05, 0.1) is 17.5 Å². The van der Waals surface area contributed by atoms with Crippen LogP contribution in [0.15, 0.2) is 26.1 Å². The highest BCUT2D eigenvalue weighted by Crippen LogP contribution is 2.55. The van der Waals surface area contributed by atoms with Gasteiger partial charge in [-0.1, -0.05) is 40.0 Å². The number of β-lactam (4-membered cyclic amide) rings is 1. The summed E-state index contributed by atoms with van der Waals surface area (Å²) in [6.45, 7) is 1.39. The largest absolute Gasteiger partial charge is 0.477 e. The number of rotatable bonds is 9. The second kappa shape index (κ2) is 10.6. The highest BCUT2D eigenvalue weighted by atomic mass is 32.2. The first kappa shape index (κ1) is 26.8. The molecular weight excluding hydrogens is 565 g/mol. The molecule has 1 fully saturated rings. The SMILES string of the molecule is CON=CC(=O)NC1(c2csc(N)n2)S[C@H]2CC(=O)N2C(C(=O)O)=C1CSc1nnc(N(C)C(C)=O)s1. The molecule has 2 aromatic rings. The Labute approximate surface area is 226 Å². The number of thiazole rings is 1. The van der Waals surface area contributed by atoms with Crippen molar-refractivity contribution in [3.05, 3.63) is 22.3 Å². The number of thioether (sulfide) groups is 2. The van der Waals surface area contributed by atoms with Crippen LogP contribution in [0.3, 0.4) is 0 Å². The fourth-order valence-electron chi connectivity index (χ4n) is 3.54. The molecule has 0 aliphatic carbocycles. The van der Waals surface area contributed by atoms with Crippen LogP contribution in [-0.2, 0) is 28.9 Å². The number of carboxylic acid groups (broad SMARTS) is 1. The molecule has 4 N–H and O–H groups in total. The maximum Gasteiger partial charge on any atom is 0.352 e. The number of hydrogen-bond acceptors (Lipinski definition) is 14. The van der Waals surface area contributed by atoms with E-state index in [9.17, 15) is 24.3 Å². The van der Waals surface area contributed by atoms with Crippen LogP contribution in [0.1, 0.15) is 19.0 Å². The van der Waals surface area contributed by atoms with E-state index < -0.39 is 22.1 Å². The number of oxime groups is 1. The number of carbonyl (C=O) groups is 4. The number of hydrogen-bond donors (Lipinski definition) is 3. The number of nitrogens with zero attached hydrogens (tertiary/aromatic N) is 6. The normalized spacial score (nSPS) is 21.0. The Kier molecular flexibility index (Phi) is 7.72. The highest BCUT2D eigenvalue weighted by Gasteiger charge is 2.56. The number of nitrogen functional groups attached to an aromatic ring is 1. The molecule has 4 rings (SSSR count). The third-order valence-corrected chi connectivity index (χ3v) is 9.72. The lowest BCUT2D eigenvalue weighted by atomic mass is 9.98. The van der Waals surface area contributed by atoms with Crippen molar-refractivity contribution in [2.75, 3.05) is 30.5 Å². The molecule has 0 bridgehead atoms. The van der Waals surface area contributed by atoms with Crippen LogP contribution in [0.4, 0.5) is 10.3 Å². The standard InChI is InChI=1S/C19H20N8O6S4/c1-8(28)26(2)17-24-25-18(36-17)35-6-9-14(15(31)32)27-12(30)4-13(27)37-19(9,10-7-34-16(20)22-10)23-11(29)5-21-33-3/h5,7,13H,4,6H2,1-3H3,(H2,20,22)(H,23,29)(H,31,32)/t13-,19?/m0/s1. The predicted octanol–water partition coefficient (Wildman–Crippen LogP) is 0.897. The number of carbonyl (C=O) groups excluding carboxylic acids is 3. The number of nitrogens with one attached hydrogen (secondary N) is 1. The number of carboxylic acids is 1. The zero-order chi connectivity index (χ0) is 26.9. The summed E-state index contributed by atoms with van der Waals surface area (Å²) in [5, 5.41) is 26.3. The molecule has 0 saturated carbocycles. The van der Waals surface area contributed by atoms with Gasteiger partial charge in [0.25, 0.3) is 5.91 Å². The van der Waals surface area contributed by atoms with Crippen molar-refractivity contribution < 1.29 is 29.1 Å². The number of anilines is 2. The summed E-state index contributed by atoms with van der Waals surface area (Å²) in [6, 6.07) is 0. The first-order valence-corrected chi connectivity index (χ1v) is 13.9. The van der Waals surface area contributed by atoms with Crippen LogP contribution in [0, 0.1) is 0 Å². The van der Waals surface area contributed by atoms with E-state index in [1.807, 2.05) is 0 Å². The second-order valence-corrected chi connectivity index (χ2v) is 12.0. The molecule has 37 heavy (non-hydrogen) atoms. The van der Waals surface area contributed by atoms with Gasteiger partial charge in [-0.25, -0.2) is 9.78 Å². The summed E-state index contributed by atoms with van der Waals surface area (Å²) in [4.78, 5) is 59.5. The Morgan fingerprint density at radius 2 is 2.22 bits per heavy atom. The highest BCUT2D eigenvalue weighted by molar-refractivity contribution is 8.02. The Morgan fingerprint density at radius 1 is 1.46 bits per heavy atom.